The van der Waals surface area contributed by atoms with E-state index in [1.54, 1.807) is 0 Å². The van der Waals surface area contributed by atoms with E-state index in [1.807, 2.05) is 0 Å². The number of rotatable bonds is 5. The molecule has 3 rings (SSSR count). The number of hydrogen-bond donors (Lipinski definition) is 3. The van der Waals surface area contributed by atoms with E-state index in [0.717, 1.165) is 32.2 Å². The van der Waals surface area contributed by atoms with Crippen LogP contribution in [0.3, 0.4) is 0 Å². The van der Waals surface area contributed by atoms with Gasteiger partial charge in [0.25, 0.3) is 0 Å². The van der Waals surface area contributed by atoms with Crippen molar-refractivity contribution in [2.45, 2.75) is 78.2 Å². The fraction of sp³-hybridized carbons (Fsp3) is 0.913. The van der Waals surface area contributed by atoms with E-state index >= 15 is 0 Å². The van der Waals surface area contributed by atoms with Crippen LogP contribution in [-0.2, 0) is 0 Å². The van der Waals surface area contributed by atoms with Gasteiger partial charge in [0.05, 0.1) is 6.10 Å². The van der Waals surface area contributed by atoms with Crippen LogP contribution in [0.5, 0.6) is 0 Å². The molecule has 26 heavy (non-hydrogen) atoms. The molecule has 0 aromatic rings. The minimum atomic E-state index is -0.242. The van der Waals surface area contributed by atoms with E-state index < -0.39 is 0 Å². The standard InChI is InChI=1S/C23H41NO2/c1-5-15(2)19-6-7-20-18(13-24)21(9-11-23(19,20)4)22(3)10-8-17(26)12-16(22)14-25/h16-21,25-26H,2,5-14,24H2,1,3-4H3/t16-,17+,18-,19+,20?,21?,22+,23+/m1/s1. The van der Waals surface area contributed by atoms with Crippen LogP contribution in [0.1, 0.15) is 72.1 Å². The second kappa shape index (κ2) is 7.56. The number of fused-ring (bicyclic) bond motifs is 1. The van der Waals surface area contributed by atoms with Crippen LogP contribution in [-0.4, -0.2) is 29.5 Å². The summed E-state index contributed by atoms with van der Waals surface area (Å²) in [5.41, 5.74) is 8.31. The third-order valence-electron chi connectivity index (χ3n) is 9.23. The largest absolute Gasteiger partial charge is 0.396 e. The smallest absolute Gasteiger partial charge is 0.0544 e. The van der Waals surface area contributed by atoms with Crippen molar-refractivity contribution in [3.63, 3.8) is 0 Å². The summed E-state index contributed by atoms with van der Waals surface area (Å²) in [6, 6.07) is 0. The highest BCUT2D eigenvalue weighted by Crippen LogP contribution is 2.64. The van der Waals surface area contributed by atoms with Crippen LogP contribution in [0.4, 0.5) is 0 Å². The van der Waals surface area contributed by atoms with Gasteiger partial charge in [-0.15, -0.1) is 0 Å². The Balaban J connectivity index is 1.87. The lowest BCUT2D eigenvalue weighted by Crippen LogP contribution is -2.53. The van der Waals surface area contributed by atoms with E-state index in [-0.39, 0.29) is 24.0 Å². The number of aliphatic hydroxyl groups excluding tert-OH is 2. The Morgan fingerprint density at radius 1 is 1.08 bits per heavy atom. The van der Waals surface area contributed by atoms with Gasteiger partial charge in [0, 0.05) is 6.61 Å². The average Bonchev–Trinajstić information content (AvgIpc) is 2.99. The topological polar surface area (TPSA) is 66.5 Å². The normalized spacial score (nSPS) is 49.0. The van der Waals surface area contributed by atoms with Gasteiger partial charge in [0.15, 0.2) is 0 Å². The summed E-state index contributed by atoms with van der Waals surface area (Å²) in [6.45, 7) is 12.5. The molecule has 0 heterocycles. The van der Waals surface area contributed by atoms with Crippen molar-refractivity contribution in [3.05, 3.63) is 12.2 Å². The van der Waals surface area contributed by atoms with Crippen LogP contribution in [0.25, 0.3) is 0 Å². The second-order valence-electron chi connectivity index (χ2n) is 10.1. The van der Waals surface area contributed by atoms with E-state index in [1.165, 1.54) is 31.3 Å². The Kier molecular flexibility index (Phi) is 5.92. The second-order valence-corrected chi connectivity index (χ2v) is 10.1. The molecule has 8 atom stereocenters. The van der Waals surface area contributed by atoms with E-state index in [9.17, 15) is 10.2 Å². The molecule has 150 valence electrons. The summed E-state index contributed by atoms with van der Waals surface area (Å²) in [6.07, 6.45) is 8.52. The van der Waals surface area contributed by atoms with Gasteiger partial charge >= 0.3 is 0 Å². The molecule has 3 fully saturated rings. The summed E-state index contributed by atoms with van der Waals surface area (Å²) < 4.78 is 0. The van der Waals surface area contributed by atoms with Crippen molar-refractivity contribution >= 4 is 0 Å². The molecule has 0 radical (unpaired) electrons. The highest BCUT2D eigenvalue weighted by Gasteiger charge is 2.58. The van der Waals surface area contributed by atoms with Crippen molar-refractivity contribution in [1.29, 1.82) is 0 Å². The zero-order valence-electron chi connectivity index (χ0n) is 17.2. The van der Waals surface area contributed by atoms with Gasteiger partial charge in [-0.25, -0.2) is 0 Å². The molecule has 0 aromatic carbocycles. The molecule has 0 saturated heterocycles. The molecule has 0 aromatic heterocycles. The van der Waals surface area contributed by atoms with Gasteiger partial charge in [-0.2, -0.15) is 0 Å². The lowest BCUT2D eigenvalue weighted by Gasteiger charge is -2.57. The van der Waals surface area contributed by atoms with Crippen LogP contribution in [0.2, 0.25) is 0 Å². The van der Waals surface area contributed by atoms with Crippen molar-refractivity contribution in [3.8, 4) is 0 Å². The van der Waals surface area contributed by atoms with Crippen LogP contribution in [0.15, 0.2) is 12.2 Å². The Labute approximate surface area is 160 Å². The minimum absolute atomic E-state index is 0.110. The highest BCUT2D eigenvalue weighted by atomic mass is 16.3. The van der Waals surface area contributed by atoms with E-state index in [0.29, 0.717) is 29.1 Å². The Bertz CT molecular complexity index is 520. The lowest BCUT2D eigenvalue weighted by molar-refractivity contribution is -0.0997. The molecular weight excluding hydrogens is 322 g/mol. The Morgan fingerprint density at radius 2 is 1.73 bits per heavy atom. The van der Waals surface area contributed by atoms with Crippen LogP contribution >= 0.6 is 0 Å². The van der Waals surface area contributed by atoms with Gasteiger partial charge in [-0.1, -0.05) is 32.9 Å². The molecule has 0 spiro atoms. The summed E-state index contributed by atoms with van der Waals surface area (Å²) in [5, 5.41) is 20.2. The maximum absolute atomic E-state index is 10.1. The first-order chi connectivity index (χ1) is 12.3. The monoisotopic (exact) mass is 363 g/mol. The fourth-order valence-corrected chi connectivity index (χ4v) is 7.52. The van der Waals surface area contributed by atoms with Gasteiger partial charge in [0.1, 0.15) is 0 Å². The predicted molar refractivity (Wildman–Crippen MR) is 108 cm³/mol. The number of allylic oxidation sites excluding steroid dienone is 1. The van der Waals surface area contributed by atoms with Gasteiger partial charge < -0.3 is 15.9 Å². The maximum Gasteiger partial charge on any atom is 0.0544 e. The maximum atomic E-state index is 10.1. The van der Waals surface area contributed by atoms with Gasteiger partial charge in [-0.3, -0.25) is 0 Å². The first kappa shape index (κ1) is 20.4. The number of aliphatic hydroxyl groups is 2. The first-order valence-corrected chi connectivity index (χ1v) is 11.0. The Hall–Kier alpha value is -0.380. The molecular formula is C23H41NO2. The third kappa shape index (κ3) is 3.08. The molecule has 3 nitrogen and oxygen atoms in total. The lowest BCUT2D eigenvalue weighted by atomic mass is 9.48. The average molecular weight is 364 g/mol. The zero-order valence-corrected chi connectivity index (χ0v) is 17.2. The minimum Gasteiger partial charge on any atom is -0.396 e. The molecule has 3 aliphatic carbocycles. The van der Waals surface area contributed by atoms with Crippen molar-refractivity contribution < 1.29 is 10.2 Å². The fourth-order valence-electron chi connectivity index (χ4n) is 7.52. The number of hydrogen-bond acceptors (Lipinski definition) is 3. The molecule has 4 N–H and O–H groups in total. The molecule has 2 unspecified atom stereocenters. The van der Waals surface area contributed by atoms with Crippen LogP contribution in [0, 0.1) is 40.4 Å². The predicted octanol–water partition coefficient (Wildman–Crippen LogP) is 4.13. The molecule has 3 saturated carbocycles. The van der Waals surface area contributed by atoms with E-state index in [4.69, 9.17) is 5.73 Å². The highest BCUT2D eigenvalue weighted by molar-refractivity contribution is 5.15. The van der Waals surface area contributed by atoms with Gasteiger partial charge in [-0.05, 0) is 98.3 Å². The van der Waals surface area contributed by atoms with Crippen molar-refractivity contribution in [2.24, 2.45) is 46.2 Å². The summed E-state index contributed by atoms with van der Waals surface area (Å²) >= 11 is 0. The van der Waals surface area contributed by atoms with Gasteiger partial charge in [0.2, 0.25) is 0 Å². The molecule has 3 heteroatoms. The first-order valence-electron chi connectivity index (χ1n) is 11.0. The third-order valence-corrected chi connectivity index (χ3v) is 9.23. The summed E-state index contributed by atoms with van der Waals surface area (Å²) in [4.78, 5) is 0. The van der Waals surface area contributed by atoms with Crippen molar-refractivity contribution in [2.75, 3.05) is 13.2 Å². The molecule has 0 bridgehead atoms. The molecule has 3 aliphatic rings. The quantitative estimate of drug-likeness (QED) is 0.643. The Morgan fingerprint density at radius 3 is 2.35 bits per heavy atom. The van der Waals surface area contributed by atoms with Crippen molar-refractivity contribution in [1.82, 2.24) is 0 Å². The summed E-state index contributed by atoms with van der Waals surface area (Å²) in [5.74, 6) is 2.66. The SMILES string of the molecule is C=C(CC)[C@@H]1CCC2[C@@H](CN)C([C@@]3(C)CC[C@H](O)C[C@@H]3CO)CC[C@]21C. The summed E-state index contributed by atoms with van der Waals surface area (Å²) in [7, 11) is 0. The molecule has 0 amide bonds. The van der Waals surface area contributed by atoms with Crippen LogP contribution < -0.4 is 5.73 Å². The molecule has 0 aliphatic heterocycles. The van der Waals surface area contributed by atoms with E-state index in [2.05, 4.69) is 27.4 Å². The number of nitrogens with two attached hydrogens (primary N) is 1. The zero-order chi connectivity index (χ0) is 19.1.